The maximum atomic E-state index is 12.6. The van der Waals surface area contributed by atoms with E-state index < -0.39 is 28.0 Å². The fourth-order valence-electron chi connectivity index (χ4n) is 7.27. The smallest absolute Gasteiger partial charge is 0.266 e. The molecule has 310 valence electrons. The molecular formula is C45H89NO5S. The van der Waals surface area contributed by atoms with Gasteiger partial charge in [-0.05, 0) is 38.5 Å². The van der Waals surface area contributed by atoms with Crippen molar-refractivity contribution in [2.75, 3.05) is 5.75 Å². The molecule has 0 aromatic heterocycles. The zero-order valence-corrected chi connectivity index (χ0v) is 35.5. The van der Waals surface area contributed by atoms with Crippen LogP contribution in [0.25, 0.3) is 0 Å². The fourth-order valence-corrected chi connectivity index (χ4v) is 8.03. The number of nitrogens with one attached hydrogen (secondary N) is 1. The molecule has 1 amide bonds. The molecule has 0 aromatic carbocycles. The van der Waals surface area contributed by atoms with Crippen LogP contribution in [0, 0.1) is 0 Å². The SMILES string of the molecule is CCCCCCCCCC/C=C\CCCCCCCCCCCCCC(=O)NC(CS(=O)(=O)O)C(O)CCCCCCCCCCCCCCCC. The first kappa shape index (κ1) is 51.1. The number of carbonyl (C=O) groups excluding carboxylic acids is 1. The number of aliphatic hydroxyl groups is 1. The van der Waals surface area contributed by atoms with Gasteiger partial charge < -0.3 is 10.4 Å². The highest BCUT2D eigenvalue weighted by atomic mass is 32.2. The van der Waals surface area contributed by atoms with E-state index in [0.717, 1.165) is 38.5 Å². The lowest BCUT2D eigenvalue weighted by Gasteiger charge is -2.23. The third-order valence-corrected chi connectivity index (χ3v) is 11.5. The highest BCUT2D eigenvalue weighted by molar-refractivity contribution is 7.85. The van der Waals surface area contributed by atoms with Crippen molar-refractivity contribution < 1.29 is 22.9 Å². The molecule has 0 spiro atoms. The molecule has 2 unspecified atom stereocenters. The van der Waals surface area contributed by atoms with Crippen LogP contribution in [0.4, 0.5) is 0 Å². The molecule has 0 heterocycles. The zero-order chi connectivity index (χ0) is 38.2. The van der Waals surface area contributed by atoms with Gasteiger partial charge in [0.15, 0.2) is 0 Å². The van der Waals surface area contributed by atoms with Gasteiger partial charge in [-0.1, -0.05) is 219 Å². The fraction of sp³-hybridized carbons (Fsp3) is 0.933. The molecule has 0 fully saturated rings. The molecule has 7 heteroatoms. The van der Waals surface area contributed by atoms with E-state index in [9.17, 15) is 22.9 Å². The maximum absolute atomic E-state index is 12.6. The Hall–Kier alpha value is -0.920. The highest BCUT2D eigenvalue weighted by Crippen LogP contribution is 2.16. The molecule has 0 aliphatic carbocycles. The van der Waals surface area contributed by atoms with Crippen molar-refractivity contribution in [2.45, 2.75) is 264 Å². The van der Waals surface area contributed by atoms with Crippen LogP contribution in [-0.4, -0.2) is 41.9 Å². The number of rotatable bonds is 42. The van der Waals surface area contributed by atoms with E-state index in [1.54, 1.807) is 0 Å². The Balaban J connectivity index is 3.75. The average Bonchev–Trinajstić information content (AvgIpc) is 3.11. The normalized spacial score (nSPS) is 13.2. The lowest BCUT2D eigenvalue weighted by atomic mass is 10.0. The first-order valence-electron chi connectivity index (χ1n) is 22.9. The maximum Gasteiger partial charge on any atom is 0.266 e. The lowest BCUT2D eigenvalue weighted by molar-refractivity contribution is -0.122. The number of hydrogen-bond donors (Lipinski definition) is 3. The molecule has 0 aromatic rings. The van der Waals surface area contributed by atoms with Crippen molar-refractivity contribution in [1.82, 2.24) is 5.32 Å². The van der Waals surface area contributed by atoms with E-state index in [-0.39, 0.29) is 5.91 Å². The van der Waals surface area contributed by atoms with Crippen molar-refractivity contribution in [3.05, 3.63) is 12.2 Å². The summed E-state index contributed by atoms with van der Waals surface area (Å²) in [6.07, 6.45) is 48.8. The summed E-state index contributed by atoms with van der Waals surface area (Å²) >= 11 is 0. The molecule has 0 radical (unpaired) electrons. The minimum absolute atomic E-state index is 0.243. The van der Waals surface area contributed by atoms with E-state index in [1.807, 2.05) is 0 Å². The lowest BCUT2D eigenvalue weighted by Crippen LogP contribution is -2.47. The molecular weight excluding hydrogens is 667 g/mol. The molecule has 0 saturated heterocycles. The van der Waals surface area contributed by atoms with Gasteiger partial charge in [-0.25, -0.2) is 0 Å². The van der Waals surface area contributed by atoms with Crippen molar-refractivity contribution in [1.29, 1.82) is 0 Å². The second-order valence-corrected chi connectivity index (χ2v) is 17.5. The summed E-state index contributed by atoms with van der Waals surface area (Å²) in [6.45, 7) is 4.54. The van der Waals surface area contributed by atoms with Gasteiger partial charge in [0, 0.05) is 6.42 Å². The highest BCUT2D eigenvalue weighted by Gasteiger charge is 2.26. The molecule has 0 rings (SSSR count). The van der Waals surface area contributed by atoms with Gasteiger partial charge in [-0.2, -0.15) is 8.42 Å². The predicted octanol–water partition coefficient (Wildman–Crippen LogP) is 13.7. The summed E-state index contributed by atoms with van der Waals surface area (Å²) in [4.78, 5) is 12.6. The Morgan fingerprint density at radius 1 is 0.500 bits per heavy atom. The largest absolute Gasteiger partial charge is 0.391 e. The van der Waals surface area contributed by atoms with Gasteiger partial charge in [0.2, 0.25) is 5.91 Å². The van der Waals surface area contributed by atoms with Gasteiger partial charge in [-0.15, -0.1) is 0 Å². The molecule has 0 bridgehead atoms. The topological polar surface area (TPSA) is 104 Å². The van der Waals surface area contributed by atoms with Gasteiger partial charge in [-0.3, -0.25) is 9.35 Å². The Labute approximate surface area is 324 Å². The summed E-state index contributed by atoms with van der Waals surface area (Å²) in [7, 11) is -4.31. The van der Waals surface area contributed by atoms with Crippen molar-refractivity contribution in [3.63, 3.8) is 0 Å². The molecule has 6 nitrogen and oxygen atoms in total. The third kappa shape index (κ3) is 40.3. The Morgan fingerprint density at radius 2 is 0.808 bits per heavy atom. The van der Waals surface area contributed by atoms with Crippen LogP contribution >= 0.6 is 0 Å². The second kappa shape index (κ2) is 39.8. The van der Waals surface area contributed by atoms with E-state index in [1.165, 1.54) is 186 Å². The van der Waals surface area contributed by atoms with Crippen LogP contribution in [0.1, 0.15) is 251 Å². The molecule has 52 heavy (non-hydrogen) atoms. The molecule has 0 aliphatic rings. The van der Waals surface area contributed by atoms with Gasteiger partial charge >= 0.3 is 0 Å². The number of amides is 1. The second-order valence-electron chi connectivity index (χ2n) is 16.0. The predicted molar refractivity (Wildman–Crippen MR) is 226 cm³/mol. The summed E-state index contributed by atoms with van der Waals surface area (Å²) in [5.41, 5.74) is 0. The van der Waals surface area contributed by atoms with Gasteiger partial charge in [0.25, 0.3) is 10.1 Å². The Kier molecular flexibility index (Phi) is 39.1. The third-order valence-electron chi connectivity index (χ3n) is 10.7. The standard InChI is InChI=1S/C45H89NO5S/c1-3-5-7-9-11-13-15-17-19-20-21-22-23-24-25-26-27-29-31-33-35-37-39-41-45(48)46-43(42-52(49,50)51)44(47)40-38-36-34-32-30-28-18-16-14-12-10-8-6-4-2/h20-21,43-44,47H,3-19,22-42H2,1-2H3,(H,46,48)(H,49,50,51)/b21-20-. The van der Waals surface area contributed by atoms with Crippen molar-refractivity contribution in [2.24, 2.45) is 0 Å². The minimum atomic E-state index is -4.31. The monoisotopic (exact) mass is 756 g/mol. The first-order valence-corrected chi connectivity index (χ1v) is 24.5. The van der Waals surface area contributed by atoms with Crippen LogP contribution < -0.4 is 5.32 Å². The summed E-state index contributed by atoms with van der Waals surface area (Å²) < 4.78 is 32.6. The first-order chi connectivity index (χ1) is 25.3. The molecule has 0 aliphatic heterocycles. The summed E-state index contributed by atoms with van der Waals surface area (Å²) in [5, 5.41) is 13.4. The quantitative estimate of drug-likeness (QED) is 0.0327. The summed E-state index contributed by atoms with van der Waals surface area (Å²) in [6, 6.07) is -0.967. The van der Waals surface area contributed by atoms with E-state index >= 15 is 0 Å². The van der Waals surface area contributed by atoms with Crippen LogP contribution in [0.5, 0.6) is 0 Å². The van der Waals surface area contributed by atoms with E-state index in [0.29, 0.717) is 12.8 Å². The van der Waals surface area contributed by atoms with Crippen LogP contribution in [0.15, 0.2) is 12.2 Å². The number of carbonyl (C=O) groups is 1. The number of hydrogen-bond acceptors (Lipinski definition) is 4. The van der Waals surface area contributed by atoms with E-state index in [4.69, 9.17) is 0 Å². The Morgan fingerprint density at radius 3 is 1.15 bits per heavy atom. The average molecular weight is 756 g/mol. The molecule has 0 saturated carbocycles. The number of allylic oxidation sites excluding steroid dienone is 2. The van der Waals surface area contributed by atoms with Gasteiger partial charge in [0.05, 0.1) is 17.9 Å². The molecule has 3 N–H and O–H groups in total. The van der Waals surface area contributed by atoms with Crippen molar-refractivity contribution >= 4 is 16.0 Å². The number of unbranched alkanes of at least 4 members (excludes halogenated alkanes) is 32. The van der Waals surface area contributed by atoms with Gasteiger partial charge in [0.1, 0.15) is 0 Å². The molecule has 2 atom stereocenters. The van der Waals surface area contributed by atoms with Crippen molar-refractivity contribution in [3.8, 4) is 0 Å². The minimum Gasteiger partial charge on any atom is -0.391 e. The van der Waals surface area contributed by atoms with Crippen LogP contribution in [0.2, 0.25) is 0 Å². The van der Waals surface area contributed by atoms with Crippen LogP contribution in [-0.2, 0) is 14.9 Å². The number of aliphatic hydroxyl groups excluding tert-OH is 1. The zero-order valence-electron chi connectivity index (χ0n) is 34.7. The van der Waals surface area contributed by atoms with E-state index in [2.05, 4.69) is 31.3 Å². The Bertz CT molecular complexity index is 877. The van der Waals surface area contributed by atoms with Crippen LogP contribution in [0.3, 0.4) is 0 Å². The summed E-state index contributed by atoms with van der Waals surface area (Å²) in [5.74, 6) is -0.887.